The SMILES string of the molecule is CCc1cc([C@@H](c2ccc(F)cc2)N2CCOCC2)c(NC(=O)c2ccccc2)s1. The fourth-order valence-electron chi connectivity index (χ4n) is 3.77. The summed E-state index contributed by atoms with van der Waals surface area (Å²) in [6.07, 6.45) is 0.887. The number of nitrogens with zero attached hydrogens (tertiary/aromatic N) is 1. The number of hydrogen-bond acceptors (Lipinski definition) is 4. The minimum absolute atomic E-state index is 0.0721. The lowest BCUT2D eigenvalue weighted by atomic mass is 9.97. The average molecular weight is 425 g/mol. The number of aryl methyl sites for hydroxylation is 1. The molecule has 1 aliphatic heterocycles. The standard InChI is InChI=1S/C24H25FN2O2S/c1-2-20-16-21(24(30-20)26-23(28)18-6-4-3-5-7-18)22(27-12-14-29-15-13-27)17-8-10-19(25)11-9-17/h3-11,16,22H,2,12-15H2,1H3,(H,26,28)/t22-/m1/s1. The van der Waals surface area contributed by atoms with Crippen LogP contribution in [0.3, 0.4) is 0 Å². The van der Waals surface area contributed by atoms with Crippen LogP contribution in [0, 0.1) is 5.82 Å². The number of carbonyl (C=O) groups excluding carboxylic acids is 1. The van der Waals surface area contributed by atoms with Crippen molar-refractivity contribution in [3.63, 3.8) is 0 Å². The molecule has 0 radical (unpaired) electrons. The first-order valence-electron chi connectivity index (χ1n) is 10.2. The topological polar surface area (TPSA) is 41.6 Å². The third-order valence-electron chi connectivity index (χ3n) is 5.31. The van der Waals surface area contributed by atoms with Crippen molar-refractivity contribution in [3.8, 4) is 0 Å². The van der Waals surface area contributed by atoms with E-state index in [1.165, 1.54) is 17.0 Å². The van der Waals surface area contributed by atoms with Crippen molar-refractivity contribution in [2.24, 2.45) is 0 Å². The number of anilines is 1. The van der Waals surface area contributed by atoms with Crippen LogP contribution in [0.15, 0.2) is 60.7 Å². The first kappa shape index (κ1) is 20.7. The van der Waals surface area contributed by atoms with E-state index < -0.39 is 0 Å². The highest BCUT2D eigenvalue weighted by atomic mass is 32.1. The molecule has 1 amide bonds. The van der Waals surface area contributed by atoms with Crippen LogP contribution in [0.4, 0.5) is 9.39 Å². The van der Waals surface area contributed by atoms with Crippen LogP contribution in [0.1, 0.15) is 39.3 Å². The molecule has 156 valence electrons. The third-order valence-corrected chi connectivity index (χ3v) is 6.53. The molecule has 1 aromatic heterocycles. The molecule has 0 unspecified atom stereocenters. The van der Waals surface area contributed by atoms with Gasteiger partial charge in [-0.3, -0.25) is 9.69 Å². The van der Waals surface area contributed by atoms with Crippen molar-refractivity contribution in [3.05, 3.63) is 88.0 Å². The number of ether oxygens (including phenoxy) is 1. The van der Waals surface area contributed by atoms with Gasteiger partial charge >= 0.3 is 0 Å². The van der Waals surface area contributed by atoms with Gasteiger partial charge in [0, 0.05) is 29.1 Å². The fraction of sp³-hybridized carbons (Fsp3) is 0.292. The molecule has 1 saturated heterocycles. The summed E-state index contributed by atoms with van der Waals surface area (Å²) in [6.45, 7) is 5.00. The van der Waals surface area contributed by atoms with E-state index in [1.807, 2.05) is 42.5 Å². The summed E-state index contributed by atoms with van der Waals surface area (Å²) < 4.78 is 19.2. The minimum atomic E-state index is -0.253. The Morgan fingerprint density at radius 3 is 2.50 bits per heavy atom. The molecule has 4 rings (SSSR count). The zero-order valence-electron chi connectivity index (χ0n) is 16.9. The fourth-order valence-corrected chi connectivity index (χ4v) is 4.79. The maximum Gasteiger partial charge on any atom is 0.256 e. The normalized spacial score (nSPS) is 15.7. The second kappa shape index (κ2) is 9.51. The van der Waals surface area contributed by atoms with Gasteiger partial charge in [-0.1, -0.05) is 37.3 Å². The first-order chi connectivity index (χ1) is 14.7. The lowest BCUT2D eigenvalue weighted by Gasteiger charge is -2.35. The van der Waals surface area contributed by atoms with E-state index in [-0.39, 0.29) is 17.8 Å². The van der Waals surface area contributed by atoms with Gasteiger partial charge in [0.05, 0.1) is 19.3 Å². The molecule has 1 N–H and O–H groups in total. The number of benzene rings is 2. The summed E-state index contributed by atoms with van der Waals surface area (Å²) in [6, 6.07) is 18.0. The molecule has 1 aliphatic rings. The van der Waals surface area contributed by atoms with Gasteiger partial charge in [-0.25, -0.2) is 4.39 Å². The Morgan fingerprint density at radius 1 is 1.13 bits per heavy atom. The number of amides is 1. The maximum absolute atomic E-state index is 13.6. The predicted octanol–water partition coefficient (Wildman–Crippen LogP) is 5.12. The zero-order valence-corrected chi connectivity index (χ0v) is 17.8. The molecule has 1 fully saturated rings. The first-order valence-corrected chi connectivity index (χ1v) is 11.0. The van der Waals surface area contributed by atoms with Crippen molar-refractivity contribution in [1.82, 2.24) is 4.90 Å². The molecule has 30 heavy (non-hydrogen) atoms. The van der Waals surface area contributed by atoms with Crippen molar-refractivity contribution in [2.75, 3.05) is 31.6 Å². The highest BCUT2D eigenvalue weighted by molar-refractivity contribution is 7.16. The molecule has 0 spiro atoms. The number of rotatable bonds is 6. The smallest absolute Gasteiger partial charge is 0.256 e. The Kier molecular flexibility index (Phi) is 6.57. The number of thiophene rings is 1. The predicted molar refractivity (Wildman–Crippen MR) is 119 cm³/mol. The number of hydrogen-bond donors (Lipinski definition) is 1. The second-order valence-corrected chi connectivity index (χ2v) is 8.41. The summed E-state index contributed by atoms with van der Waals surface area (Å²) in [5.41, 5.74) is 2.68. The quantitative estimate of drug-likeness (QED) is 0.597. The summed E-state index contributed by atoms with van der Waals surface area (Å²) in [7, 11) is 0. The molecular weight excluding hydrogens is 399 g/mol. The number of halogens is 1. The Bertz CT molecular complexity index is 982. The summed E-state index contributed by atoms with van der Waals surface area (Å²) in [4.78, 5) is 16.4. The highest BCUT2D eigenvalue weighted by Crippen LogP contribution is 2.40. The summed E-state index contributed by atoms with van der Waals surface area (Å²) >= 11 is 1.61. The van der Waals surface area contributed by atoms with Crippen molar-refractivity contribution in [1.29, 1.82) is 0 Å². The van der Waals surface area contributed by atoms with E-state index in [0.29, 0.717) is 18.8 Å². The Hall–Kier alpha value is -2.54. The zero-order chi connectivity index (χ0) is 20.9. The second-order valence-electron chi connectivity index (χ2n) is 7.27. The molecule has 0 bridgehead atoms. The van der Waals surface area contributed by atoms with Gasteiger partial charge in [-0.2, -0.15) is 0 Å². The van der Waals surface area contributed by atoms with E-state index in [2.05, 4.69) is 23.2 Å². The minimum Gasteiger partial charge on any atom is -0.379 e. The van der Waals surface area contributed by atoms with E-state index >= 15 is 0 Å². The molecular formula is C24H25FN2O2S. The molecule has 0 saturated carbocycles. The van der Waals surface area contributed by atoms with Gasteiger partial charge in [-0.05, 0) is 42.3 Å². The average Bonchev–Trinajstić information content (AvgIpc) is 3.19. The molecule has 3 aromatic rings. The van der Waals surface area contributed by atoms with Gasteiger partial charge < -0.3 is 10.1 Å². The van der Waals surface area contributed by atoms with E-state index in [0.717, 1.165) is 35.6 Å². The van der Waals surface area contributed by atoms with Crippen LogP contribution in [-0.2, 0) is 11.2 Å². The van der Waals surface area contributed by atoms with Gasteiger partial charge in [-0.15, -0.1) is 11.3 Å². The molecule has 6 heteroatoms. The van der Waals surface area contributed by atoms with Crippen LogP contribution < -0.4 is 5.32 Å². The van der Waals surface area contributed by atoms with Crippen LogP contribution in [-0.4, -0.2) is 37.1 Å². The largest absolute Gasteiger partial charge is 0.379 e. The van der Waals surface area contributed by atoms with Crippen LogP contribution in [0.2, 0.25) is 0 Å². The summed E-state index contributed by atoms with van der Waals surface area (Å²) in [5.74, 6) is -0.377. The van der Waals surface area contributed by atoms with E-state index in [9.17, 15) is 9.18 Å². The molecule has 2 aromatic carbocycles. The third kappa shape index (κ3) is 4.61. The van der Waals surface area contributed by atoms with Crippen molar-refractivity contribution in [2.45, 2.75) is 19.4 Å². The Morgan fingerprint density at radius 2 is 1.83 bits per heavy atom. The Balaban J connectivity index is 1.73. The van der Waals surface area contributed by atoms with Crippen LogP contribution in [0.5, 0.6) is 0 Å². The number of nitrogens with one attached hydrogen (secondary N) is 1. The number of carbonyl (C=O) groups is 1. The van der Waals surface area contributed by atoms with Gasteiger partial charge in [0.15, 0.2) is 0 Å². The lowest BCUT2D eigenvalue weighted by molar-refractivity contribution is 0.0241. The van der Waals surface area contributed by atoms with Crippen LogP contribution in [0.25, 0.3) is 0 Å². The highest BCUT2D eigenvalue weighted by Gasteiger charge is 2.28. The van der Waals surface area contributed by atoms with Crippen molar-refractivity contribution < 1.29 is 13.9 Å². The van der Waals surface area contributed by atoms with E-state index in [1.54, 1.807) is 11.3 Å². The number of morpholine rings is 1. The monoisotopic (exact) mass is 424 g/mol. The summed E-state index contributed by atoms with van der Waals surface area (Å²) in [5, 5.41) is 3.98. The van der Waals surface area contributed by atoms with E-state index in [4.69, 9.17) is 4.74 Å². The maximum atomic E-state index is 13.6. The molecule has 1 atom stereocenters. The molecule has 2 heterocycles. The molecule has 4 nitrogen and oxygen atoms in total. The lowest BCUT2D eigenvalue weighted by Crippen LogP contribution is -2.39. The van der Waals surface area contributed by atoms with Crippen LogP contribution >= 0.6 is 11.3 Å². The van der Waals surface area contributed by atoms with Gasteiger partial charge in [0.2, 0.25) is 0 Å². The van der Waals surface area contributed by atoms with Gasteiger partial charge in [0.25, 0.3) is 5.91 Å². The molecule has 0 aliphatic carbocycles. The Labute approximate surface area is 180 Å². The van der Waals surface area contributed by atoms with Gasteiger partial charge in [0.1, 0.15) is 10.8 Å². The van der Waals surface area contributed by atoms with Crippen molar-refractivity contribution >= 4 is 22.2 Å².